The summed E-state index contributed by atoms with van der Waals surface area (Å²) in [5.74, 6) is -1.72. The van der Waals surface area contributed by atoms with Gasteiger partial charge in [-0.15, -0.1) is 0 Å². The number of nitrogens with two attached hydrogens (primary N) is 2. The number of hydrogen-bond donors (Lipinski definition) is 2. The first-order valence-electron chi connectivity index (χ1n) is 6.72. The van der Waals surface area contributed by atoms with E-state index >= 15 is 0 Å². The molecule has 0 radical (unpaired) electrons. The molecule has 0 saturated heterocycles. The van der Waals surface area contributed by atoms with E-state index < -0.39 is 31.7 Å². The molecule has 0 aromatic heterocycles. The van der Waals surface area contributed by atoms with E-state index in [2.05, 4.69) is 0 Å². The summed E-state index contributed by atoms with van der Waals surface area (Å²) in [5.41, 5.74) is 11.4. The van der Waals surface area contributed by atoms with Crippen molar-refractivity contribution in [3.63, 3.8) is 0 Å². The van der Waals surface area contributed by atoms with Gasteiger partial charge in [0.05, 0.1) is 11.4 Å². The van der Waals surface area contributed by atoms with Gasteiger partial charge >= 0.3 is 20.2 Å². The molecule has 130 valence electrons. The Kier molecular flexibility index (Phi) is 5.20. The van der Waals surface area contributed by atoms with Crippen LogP contribution < -0.4 is 19.8 Å². The third-order valence-corrected chi connectivity index (χ3v) is 5.39. The van der Waals surface area contributed by atoms with Crippen LogP contribution in [0.3, 0.4) is 0 Å². The minimum absolute atomic E-state index is 0.0666. The molecule has 0 fully saturated rings. The van der Waals surface area contributed by atoms with Gasteiger partial charge in [-0.1, -0.05) is 24.3 Å². The highest BCUT2D eigenvalue weighted by atomic mass is 32.2. The molecule has 0 amide bonds. The van der Waals surface area contributed by atoms with Gasteiger partial charge < -0.3 is 19.8 Å². The van der Waals surface area contributed by atoms with Gasteiger partial charge in [-0.3, -0.25) is 0 Å². The molecule has 8 nitrogen and oxygen atoms in total. The van der Waals surface area contributed by atoms with Crippen LogP contribution in [0.2, 0.25) is 0 Å². The second-order valence-corrected chi connectivity index (χ2v) is 8.15. The van der Waals surface area contributed by atoms with Crippen molar-refractivity contribution in [2.24, 2.45) is 0 Å². The van der Waals surface area contributed by atoms with Gasteiger partial charge in [-0.2, -0.15) is 16.8 Å². The lowest BCUT2D eigenvalue weighted by atomic mass is 10.3. The van der Waals surface area contributed by atoms with Crippen molar-refractivity contribution in [3.05, 3.63) is 48.5 Å². The molecule has 24 heavy (non-hydrogen) atoms. The predicted octanol–water partition coefficient (Wildman–Crippen LogP) is 0.968. The fraction of sp³-hybridized carbons (Fsp3) is 0.143. The molecule has 0 unspecified atom stereocenters. The van der Waals surface area contributed by atoms with Crippen molar-refractivity contribution in [1.29, 1.82) is 0 Å². The van der Waals surface area contributed by atoms with Gasteiger partial charge in [-0.05, 0) is 24.3 Å². The lowest BCUT2D eigenvalue weighted by Gasteiger charge is -2.10. The summed E-state index contributed by atoms with van der Waals surface area (Å²) in [6.45, 7) is 0. The van der Waals surface area contributed by atoms with Gasteiger partial charge in [0.1, 0.15) is 11.5 Å². The number of hydrogen-bond acceptors (Lipinski definition) is 8. The molecule has 2 aromatic carbocycles. The Bertz CT molecular complexity index is 848. The van der Waals surface area contributed by atoms with E-state index in [-0.39, 0.29) is 22.9 Å². The lowest BCUT2D eigenvalue weighted by Crippen LogP contribution is -2.24. The standard InChI is InChI=1S/C14H16N2O6S2/c15-11-5-1-3-7-13(11)21-23(17,18)9-10-24(19,20)22-14-8-4-2-6-12(14)16/h1-8H,9-10,15-16H2. The second-order valence-electron chi connectivity index (χ2n) is 4.77. The lowest BCUT2D eigenvalue weighted by molar-refractivity contribution is 0.477. The van der Waals surface area contributed by atoms with Crippen LogP contribution in [0.15, 0.2) is 48.5 Å². The molecule has 0 heterocycles. The summed E-state index contributed by atoms with van der Waals surface area (Å²) >= 11 is 0. The van der Waals surface area contributed by atoms with E-state index in [1.807, 2.05) is 0 Å². The monoisotopic (exact) mass is 372 g/mol. The largest absolute Gasteiger partial charge is 0.396 e. The fourth-order valence-electron chi connectivity index (χ4n) is 1.67. The Hall–Kier alpha value is -2.46. The van der Waals surface area contributed by atoms with Gasteiger partial charge in [0.2, 0.25) is 0 Å². The van der Waals surface area contributed by atoms with E-state index in [9.17, 15) is 16.8 Å². The third kappa shape index (κ3) is 5.03. The highest BCUT2D eigenvalue weighted by Gasteiger charge is 2.22. The first-order chi connectivity index (χ1) is 11.2. The zero-order valence-electron chi connectivity index (χ0n) is 12.5. The van der Waals surface area contributed by atoms with Crippen LogP contribution in [-0.2, 0) is 20.2 Å². The quantitative estimate of drug-likeness (QED) is 0.541. The summed E-state index contributed by atoms with van der Waals surface area (Å²) in [6, 6.07) is 11.9. The van der Waals surface area contributed by atoms with E-state index in [1.165, 1.54) is 24.3 Å². The van der Waals surface area contributed by atoms with Crippen molar-refractivity contribution >= 4 is 31.6 Å². The molecule has 2 rings (SSSR count). The van der Waals surface area contributed by atoms with Crippen LogP contribution >= 0.6 is 0 Å². The third-order valence-electron chi connectivity index (χ3n) is 2.85. The van der Waals surface area contributed by atoms with Gasteiger partial charge in [-0.25, -0.2) is 0 Å². The Balaban J connectivity index is 2.03. The van der Waals surface area contributed by atoms with E-state index in [0.29, 0.717) is 0 Å². The highest BCUT2D eigenvalue weighted by Crippen LogP contribution is 2.23. The molecule has 0 atom stereocenters. The number of nitrogen functional groups attached to an aromatic ring is 2. The number of benzene rings is 2. The summed E-state index contributed by atoms with van der Waals surface area (Å²) in [5, 5.41) is 0. The van der Waals surface area contributed by atoms with Crippen LogP contribution in [0.4, 0.5) is 11.4 Å². The number of anilines is 2. The van der Waals surface area contributed by atoms with Crippen LogP contribution in [0.25, 0.3) is 0 Å². The van der Waals surface area contributed by atoms with E-state index in [4.69, 9.17) is 19.8 Å². The van der Waals surface area contributed by atoms with Crippen molar-refractivity contribution in [1.82, 2.24) is 0 Å². The van der Waals surface area contributed by atoms with Gasteiger partial charge in [0.25, 0.3) is 0 Å². The molecular weight excluding hydrogens is 356 g/mol. The predicted molar refractivity (Wildman–Crippen MR) is 90.5 cm³/mol. The summed E-state index contributed by atoms with van der Waals surface area (Å²) in [7, 11) is -8.33. The number of rotatable bonds is 7. The molecule has 4 N–H and O–H groups in total. The molecule has 0 aliphatic rings. The van der Waals surface area contributed by atoms with Gasteiger partial charge in [0.15, 0.2) is 11.5 Å². The normalized spacial score (nSPS) is 11.8. The maximum absolute atomic E-state index is 11.9. The SMILES string of the molecule is Nc1ccccc1OS(=O)(=O)CCS(=O)(=O)Oc1ccccc1N. The second kappa shape index (κ2) is 6.97. The zero-order chi connectivity index (χ0) is 17.8. The van der Waals surface area contributed by atoms with E-state index in [0.717, 1.165) is 0 Å². The molecular formula is C14H16N2O6S2. The molecule has 0 spiro atoms. The Morgan fingerprint density at radius 2 is 1.00 bits per heavy atom. The van der Waals surface area contributed by atoms with Crippen molar-refractivity contribution in [2.45, 2.75) is 0 Å². The minimum atomic E-state index is -4.16. The van der Waals surface area contributed by atoms with E-state index in [1.54, 1.807) is 24.3 Å². The Morgan fingerprint density at radius 3 is 1.33 bits per heavy atom. The molecule has 0 saturated carbocycles. The van der Waals surface area contributed by atoms with Crippen LogP contribution in [-0.4, -0.2) is 28.3 Å². The van der Waals surface area contributed by atoms with Crippen LogP contribution in [0, 0.1) is 0 Å². The fourth-order valence-corrected chi connectivity index (χ4v) is 4.32. The highest BCUT2D eigenvalue weighted by molar-refractivity contribution is 7.90. The summed E-state index contributed by atoms with van der Waals surface area (Å²) in [6.07, 6.45) is 0. The zero-order valence-corrected chi connectivity index (χ0v) is 14.1. The summed E-state index contributed by atoms with van der Waals surface area (Å²) < 4.78 is 57.2. The van der Waals surface area contributed by atoms with Crippen LogP contribution in [0.5, 0.6) is 11.5 Å². The first-order valence-corrected chi connectivity index (χ1v) is 9.87. The molecule has 10 heteroatoms. The maximum Gasteiger partial charge on any atom is 0.310 e. The first kappa shape index (κ1) is 17.9. The average molecular weight is 372 g/mol. The maximum atomic E-state index is 11.9. The molecule has 0 aliphatic carbocycles. The van der Waals surface area contributed by atoms with Crippen molar-refractivity contribution < 1.29 is 25.2 Å². The Labute approximate surface area is 140 Å². The molecule has 0 bridgehead atoms. The minimum Gasteiger partial charge on any atom is -0.396 e. The Morgan fingerprint density at radius 1 is 0.667 bits per heavy atom. The average Bonchev–Trinajstić information content (AvgIpc) is 2.50. The van der Waals surface area contributed by atoms with Crippen molar-refractivity contribution in [2.75, 3.05) is 23.0 Å². The summed E-state index contributed by atoms with van der Waals surface area (Å²) in [4.78, 5) is 0. The molecule has 0 aliphatic heterocycles. The van der Waals surface area contributed by atoms with Gasteiger partial charge in [0, 0.05) is 0 Å². The topological polar surface area (TPSA) is 139 Å². The van der Waals surface area contributed by atoms with Crippen LogP contribution in [0.1, 0.15) is 0 Å². The number of para-hydroxylation sites is 4. The van der Waals surface area contributed by atoms with Crippen molar-refractivity contribution in [3.8, 4) is 11.5 Å². The molecule has 2 aromatic rings. The smallest absolute Gasteiger partial charge is 0.310 e.